The first kappa shape index (κ1) is 15.2. The Morgan fingerprint density at radius 2 is 0.875 bits per heavy atom. The van der Waals surface area contributed by atoms with Crippen LogP contribution in [0.2, 0.25) is 0 Å². The molecule has 0 bridgehead atoms. The minimum Gasteiger partial charge on any atom is -0.545 e. The first-order chi connectivity index (χ1) is 11.5. The summed E-state index contributed by atoms with van der Waals surface area (Å²) in [5.41, 5.74) is 1.20. The minimum atomic E-state index is -1.27. The highest BCUT2D eigenvalue weighted by molar-refractivity contribution is 5.86. The van der Waals surface area contributed by atoms with Gasteiger partial charge in [-0.25, -0.2) is 0 Å². The smallest absolute Gasteiger partial charge is 0.203 e. The number of carbonyl (C=O) groups is 2. The quantitative estimate of drug-likeness (QED) is 0.618. The second-order valence-corrected chi connectivity index (χ2v) is 4.78. The van der Waals surface area contributed by atoms with E-state index >= 15 is 0 Å². The molecule has 0 N–H and O–H groups in total. The van der Waals surface area contributed by atoms with E-state index in [2.05, 4.69) is 20.4 Å². The van der Waals surface area contributed by atoms with Gasteiger partial charge in [0.1, 0.15) is 0 Å². The van der Waals surface area contributed by atoms with Crippen LogP contribution in [0, 0.1) is 0 Å². The van der Waals surface area contributed by atoms with E-state index in [-0.39, 0.29) is 22.8 Å². The van der Waals surface area contributed by atoms with Crippen molar-refractivity contribution in [1.82, 2.24) is 20.4 Å². The summed E-state index contributed by atoms with van der Waals surface area (Å²) >= 11 is 0. The maximum atomic E-state index is 10.7. The molecule has 0 fully saturated rings. The van der Waals surface area contributed by atoms with E-state index in [0.717, 1.165) is 0 Å². The molecule has 0 amide bonds. The fourth-order valence-corrected chi connectivity index (χ4v) is 1.97. The molecule has 118 valence electrons. The summed E-state index contributed by atoms with van der Waals surface area (Å²) in [5.74, 6) is -2.08. The topological polar surface area (TPSA) is 132 Å². The highest BCUT2D eigenvalue weighted by Gasteiger charge is 2.07. The Hall–Kier alpha value is -3.68. The largest absolute Gasteiger partial charge is 0.545 e. The molecule has 8 nitrogen and oxygen atoms in total. The van der Waals surface area contributed by atoms with Gasteiger partial charge in [-0.05, 0) is 11.1 Å². The Kier molecular flexibility index (Phi) is 3.94. The van der Waals surface area contributed by atoms with E-state index in [0.29, 0.717) is 11.1 Å². The third-order valence-corrected chi connectivity index (χ3v) is 3.24. The SMILES string of the molecule is O=C([O-])c1ccc(-c2nnc(-c3ccc(C(=O)[O-])cc3)nn2)cc1. The Morgan fingerprint density at radius 3 is 1.12 bits per heavy atom. The van der Waals surface area contributed by atoms with Gasteiger partial charge in [-0.3, -0.25) is 0 Å². The van der Waals surface area contributed by atoms with E-state index in [1.165, 1.54) is 48.5 Å². The number of carboxylic acid groups (broad SMARTS) is 2. The summed E-state index contributed by atoms with van der Waals surface area (Å²) in [5, 5.41) is 37.2. The fourth-order valence-electron chi connectivity index (χ4n) is 1.97. The number of rotatable bonds is 4. The molecule has 0 atom stereocenters. The number of nitrogens with zero attached hydrogens (tertiary/aromatic N) is 4. The molecule has 0 spiro atoms. The molecule has 0 radical (unpaired) electrons. The second kappa shape index (κ2) is 6.21. The number of hydrogen-bond acceptors (Lipinski definition) is 8. The van der Waals surface area contributed by atoms with Crippen molar-refractivity contribution in [2.24, 2.45) is 0 Å². The molecule has 0 aliphatic rings. The van der Waals surface area contributed by atoms with Crippen molar-refractivity contribution in [1.29, 1.82) is 0 Å². The molecule has 0 saturated carbocycles. The van der Waals surface area contributed by atoms with Crippen LogP contribution in [0.5, 0.6) is 0 Å². The predicted molar refractivity (Wildman–Crippen MR) is 77.2 cm³/mol. The summed E-state index contributed by atoms with van der Waals surface area (Å²) < 4.78 is 0. The average molecular weight is 320 g/mol. The average Bonchev–Trinajstić information content (AvgIpc) is 2.62. The van der Waals surface area contributed by atoms with Gasteiger partial charge in [0.2, 0.25) is 11.6 Å². The van der Waals surface area contributed by atoms with Crippen LogP contribution in [0.25, 0.3) is 22.8 Å². The summed E-state index contributed by atoms with van der Waals surface area (Å²) in [7, 11) is 0. The number of carbonyl (C=O) groups excluding carboxylic acids is 2. The Balaban J connectivity index is 1.84. The van der Waals surface area contributed by atoms with Crippen LogP contribution in [0.3, 0.4) is 0 Å². The zero-order valence-electron chi connectivity index (χ0n) is 12.0. The number of hydrogen-bond donors (Lipinski definition) is 0. The van der Waals surface area contributed by atoms with Crippen LogP contribution in [0.15, 0.2) is 48.5 Å². The van der Waals surface area contributed by atoms with Gasteiger partial charge in [-0.15, -0.1) is 20.4 Å². The highest BCUT2D eigenvalue weighted by atomic mass is 16.4. The van der Waals surface area contributed by atoms with Gasteiger partial charge in [-0.2, -0.15) is 0 Å². The van der Waals surface area contributed by atoms with E-state index in [9.17, 15) is 19.8 Å². The van der Waals surface area contributed by atoms with Crippen molar-refractivity contribution in [3.63, 3.8) is 0 Å². The summed E-state index contributed by atoms with van der Waals surface area (Å²) in [6.45, 7) is 0. The van der Waals surface area contributed by atoms with Gasteiger partial charge >= 0.3 is 0 Å². The molecule has 8 heteroatoms. The zero-order chi connectivity index (χ0) is 17.1. The maximum absolute atomic E-state index is 10.7. The maximum Gasteiger partial charge on any atom is 0.203 e. The molecule has 0 aliphatic heterocycles. The molecule has 24 heavy (non-hydrogen) atoms. The fraction of sp³-hybridized carbons (Fsp3) is 0. The van der Waals surface area contributed by atoms with Crippen LogP contribution in [0.4, 0.5) is 0 Å². The van der Waals surface area contributed by atoms with Crippen LogP contribution < -0.4 is 10.2 Å². The van der Waals surface area contributed by atoms with E-state index in [1.807, 2.05) is 0 Å². The van der Waals surface area contributed by atoms with Crippen LogP contribution in [-0.2, 0) is 0 Å². The number of aromatic nitrogens is 4. The lowest BCUT2D eigenvalue weighted by Crippen LogP contribution is -2.22. The second-order valence-electron chi connectivity index (χ2n) is 4.78. The highest BCUT2D eigenvalue weighted by Crippen LogP contribution is 2.17. The van der Waals surface area contributed by atoms with Crippen molar-refractivity contribution in [3.8, 4) is 22.8 Å². The first-order valence-electron chi connectivity index (χ1n) is 6.75. The molecule has 1 aromatic heterocycles. The van der Waals surface area contributed by atoms with E-state index < -0.39 is 11.9 Å². The van der Waals surface area contributed by atoms with Gasteiger partial charge in [-0.1, -0.05) is 48.5 Å². The van der Waals surface area contributed by atoms with Gasteiger partial charge in [0.05, 0.1) is 11.9 Å². The Morgan fingerprint density at radius 1 is 0.583 bits per heavy atom. The summed E-state index contributed by atoms with van der Waals surface area (Å²) in [6.07, 6.45) is 0. The van der Waals surface area contributed by atoms with Crippen LogP contribution in [0.1, 0.15) is 20.7 Å². The third kappa shape index (κ3) is 3.07. The van der Waals surface area contributed by atoms with Crippen molar-refractivity contribution in [2.45, 2.75) is 0 Å². The molecule has 0 unspecified atom stereocenters. The molecule has 2 aromatic carbocycles. The van der Waals surface area contributed by atoms with Crippen molar-refractivity contribution < 1.29 is 19.8 Å². The molecular formula is C16H8N4O4-2. The Labute approximate surface area is 135 Å². The van der Waals surface area contributed by atoms with Crippen molar-refractivity contribution in [3.05, 3.63) is 59.7 Å². The molecular weight excluding hydrogens is 312 g/mol. The Bertz CT molecular complexity index is 814. The normalized spacial score (nSPS) is 10.3. The lowest BCUT2D eigenvalue weighted by atomic mass is 10.1. The molecule has 3 aromatic rings. The van der Waals surface area contributed by atoms with E-state index in [1.54, 1.807) is 0 Å². The number of carboxylic acids is 2. The van der Waals surface area contributed by atoms with Crippen molar-refractivity contribution >= 4 is 11.9 Å². The number of benzene rings is 2. The molecule has 3 rings (SSSR count). The zero-order valence-corrected chi connectivity index (χ0v) is 12.0. The van der Waals surface area contributed by atoms with Gasteiger partial charge in [0.25, 0.3) is 0 Å². The monoisotopic (exact) mass is 320 g/mol. The summed E-state index contributed by atoms with van der Waals surface area (Å²) in [4.78, 5) is 21.4. The van der Waals surface area contributed by atoms with Gasteiger partial charge in [0, 0.05) is 11.1 Å². The minimum absolute atomic E-state index is 0.0456. The van der Waals surface area contributed by atoms with Crippen molar-refractivity contribution in [2.75, 3.05) is 0 Å². The molecule has 1 heterocycles. The number of aromatic carboxylic acids is 2. The predicted octanol–water partition coefficient (Wildman–Crippen LogP) is -0.672. The third-order valence-electron chi connectivity index (χ3n) is 3.24. The lowest BCUT2D eigenvalue weighted by molar-refractivity contribution is -0.256. The van der Waals surface area contributed by atoms with Crippen LogP contribution in [-0.4, -0.2) is 32.3 Å². The van der Waals surface area contributed by atoms with Gasteiger partial charge in [0.15, 0.2) is 0 Å². The summed E-state index contributed by atoms with van der Waals surface area (Å²) in [6, 6.07) is 11.6. The molecule has 0 saturated heterocycles. The lowest BCUT2D eigenvalue weighted by Gasteiger charge is -2.05. The van der Waals surface area contributed by atoms with Gasteiger partial charge < -0.3 is 19.8 Å². The molecule has 0 aliphatic carbocycles. The standard InChI is InChI=1S/C16H10N4O4/c21-15(22)11-5-1-9(2-6-11)13-17-19-14(20-18-13)10-3-7-12(8-4-10)16(23)24/h1-8H,(H,21,22)(H,23,24)/p-2. The van der Waals surface area contributed by atoms with Crippen LogP contribution >= 0.6 is 0 Å². The van der Waals surface area contributed by atoms with E-state index in [4.69, 9.17) is 0 Å². The first-order valence-corrected chi connectivity index (χ1v) is 6.75.